The lowest BCUT2D eigenvalue weighted by Gasteiger charge is -2.18. The molecule has 2 aromatic rings. The summed E-state index contributed by atoms with van der Waals surface area (Å²) in [4.78, 5) is 26.9. The molecule has 4 heteroatoms. The Morgan fingerprint density at radius 3 is 2.37 bits per heavy atom. The molecule has 2 atom stereocenters. The van der Waals surface area contributed by atoms with Gasteiger partial charge in [0.15, 0.2) is 0 Å². The molecule has 1 saturated heterocycles. The fourth-order valence-corrected chi connectivity index (χ4v) is 3.92. The number of aryl methyl sites for hydroxylation is 1. The lowest BCUT2D eigenvalue weighted by atomic mass is 9.82. The molecule has 2 unspecified atom stereocenters. The van der Waals surface area contributed by atoms with Crippen LogP contribution in [0.4, 0.5) is 5.69 Å². The molecule has 138 valence electrons. The number of ether oxygens (including phenoxy) is 1. The Hall–Kier alpha value is -2.88. The van der Waals surface area contributed by atoms with E-state index in [1.807, 2.05) is 51.1 Å². The van der Waals surface area contributed by atoms with Crippen LogP contribution in [0.15, 0.2) is 54.1 Å². The van der Waals surface area contributed by atoms with E-state index in [2.05, 4.69) is 6.08 Å². The van der Waals surface area contributed by atoms with E-state index < -0.39 is 0 Å². The second-order valence-electron chi connectivity index (χ2n) is 7.51. The van der Waals surface area contributed by atoms with Crippen molar-refractivity contribution in [2.75, 3.05) is 4.90 Å². The monoisotopic (exact) mass is 361 g/mol. The molecule has 1 heterocycles. The van der Waals surface area contributed by atoms with Crippen LogP contribution in [-0.4, -0.2) is 11.8 Å². The summed E-state index contributed by atoms with van der Waals surface area (Å²) in [5.74, 6) is 0.892. The number of allylic oxidation sites excluding steroid dienone is 2. The third kappa shape index (κ3) is 3.05. The van der Waals surface area contributed by atoms with E-state index in [1.165, 1.54) is 16.0 Å². The van der Waals surface area contributed by atoms with Gasteiger partial charge in [-0.1, -0.05) is 23.8 Å². The summed E-state index contributed by atoms with van der Waals surface area (Å²) >= 11 is 0. The summed E-state index contributed by atoms with van der Waals surface area (Å²) < 4.78 is 5.97. The van der Waals surface area contributed by atoms with Crippen molar-refractivity contribution in [3.8, 4) is 11.5 Å². The van der Waals surface area contributed by atoms with Crippen molar-refractivity contribution in [3.63, 3.8) is 0 Å². The van der Waals surface area contributed by atoms with Crippen LogP contribution < -0.4 is 9.64 Å². The highest BCUT2D eigenvalue weighted by Crippen LogP contribution is 2.40. The number of benzene rings is 2. The highest BCUT2D eigenvalue weighted by molar-refractivity contribution is 6.22. The van der Waals surface area contributed by atoms with E-state index in [-0.39, 0.29) is 23.7 Å². The Morgan fingerprint density at radius 1 is 0.926 bits per heavy atom. The molecule has 1 aliphatic heterocycles. The zero-order valence-electron chi connectivity index (χ0n) is 15.9. The second-order valence-corrected chi connectivity index (χ2v) is 7.51. The van der Waals surface area contributed by atoms with Gasteiger partial charge >= 0.3 is 0 Å². The summed E-state index contributed by atoms with van der Waals surface area (Å²) in [5.41, 5.74) is 4.07. The number of amides is 2. The lowest BCUT2D eigenvalue weighted by molar-refractivity contribution is -0.122. The van der Waals surface area contributed by atoms with Crippen LogP contribution in [0.1, 0.15) is 30.9 Å². The summed E-state index contributed by atoms with van der Waals surface area (Å²) in [6, 6.07) is 13.1. The highest BCUT2D eigenvalue weighted by Gasteiger charge is 2.48. The van der Waals surface area contributed by atoms with Crippen molar-refractivity contribution in [1.29, 1.82) is 0 Å². The number of imide groups is 1. The summed E-state index contributed by atoms with van der Waals surface area (Å²) in [7, 11) is 0. The van der Waals surface area contributed by atoms with Crippen molar-refractivity contribution in [2.45, 2.75) is 33.6 Å². The molecule has 0 saturated carbocycles. The van der Waals surface area contributed by atoms with Crippen molar-refractivity contribution >= 4 is 17.5 Å². The molecule has 1 fully saturated rings. The van der Waals surface area contributed by atoms with Gasteiger partial charge in [-0.2, -0.15) is 0 Å². The maximum Gasteiger partial charge on any atom is 0.238 e. The summed E-state index contributed by atoms with van der Waals surface area (Å²) in [6.07, 6.45) is 3.42. The lowest BCUT2D eigenvalue weighted by Crippen LogP contribution is -2.30. The van der Waals surface area contributed by atoms with E-state index in [9.17, 15) is 9.59 Å². The molecule has 2 amide bonds. The smallest absolute Gasteiger partial charge is 0.238 e. The van der Waals surface area contributed by atoms with E-state index in [0.717, 1.165) is 11.3 Å². The standard InChI is InChI=1S/C23H23NO3/c1-14-7-12-19-20(13-14)23(26)24(22(19)25)17-8-10-18(11-9-17)27-21-6-4-5-15(2)16(21)3/h4-11,19-20H,12-13H2,1-3H3. The first-order valence-electron chi connectivity index (χ1n) is 9.33. The highest BCUT2D eigenvalue weighted by atomic mass is 16.5. The molecule has 4 nitrogen and oxygen atoms in total. The number of hydrogen-bond acceptors (Lipinski definition) is 3. The second kappa shape index (κ2) is 6.69. The van der Waals surface area contributed by atoms with Gasteiger partial charge in [0.2, 0.25) is 11.8 Å². The molecule has 0 bridgehead atoms. The van der Waals surface area contributed by atoms with Gasteiger partial charge in [0, 0.05) is 0 Å². The Kier molecular flexibility index (Phi) is 4.34. The normalized spacial score (nSPS) is 21.9. The topological polar surface area (TPSA) is 46.6 Å². The average molecular weight is 361 g/mol. The van der Waals surface area contributed by atoms with Crippen LogP contribution in [-0.2, 0) is 9.59 Å². The van der Waals surface area contributed by atoms with Crippen molar-refractivity contribution in [1.82, 2.24) is 0 Å². The summed E-state index contributed by atoms with van der Waals surface area (Å²) in [5, 5.41) is 0. The third-order valence-corrected chi connectivity index (χ3v) is 5.70. The summed E-state index contributed by atoms with van der Waals surface area (Å²) in [6.45, 7) is 6.10. The first kappa shape index (κ1) is 17.5. The van der Waals surface area contributed by atoms with Gasteiger partial charge in [0.05, 0.1) is 17.5 Å². The van der Waals surface area contributed by atoms with E-state index in [0.29, 0.717) is 24.3 Å². The van der Waals surface area contributed by atoms with Crippen LogP contribution in [0.3, 0.4) is 0 Å². The molecule has 0 N–H and O–H groups in total. The Morgan fingerprint density at radius 2 is 1.63 bits per heavy atom. The Labute approximate surface area is 159 Å². The van der Waals surface area contributed by atoms with E-state index >= 15 is 0 Å². The fourth-order valence-electron chi connectivity index (χ4n) is 3.92. The number of rotatable bonds is 3. The molecule has 1 aliphatic carbocycles. The van der Waals surface area contributed by atoms with Gasteiger partial charge in [-0.3, -0.25) is 14.5 Å². The number of carbonyl (C=O) groups excluding carboxylic acids is 2. The van der Waals surface area contributed by atoms with Crippen molar-refractivity contribution in [3.05, 3.63) is 65.2 Å². The Bertz CT molecular complexity index is 943. The molecular weight excluding hydrogens is 338 g/mol. The molecule has 4 rings (SSSR count). The minimum Gasteiger partial charge on any atom is -0.457 e. The average Bonchev–Trinajstić information content (AvgIpc) is 2.90. The first-order chi connectivity index (χ1) is 13.0. The minimum atomic E-state index is -0.216. The minimum absolute atomic E-state index is 0.0827. The molecule has 2 aliphatic rings. The van der Waals surface area contributed by atoms with Crippen molar-refractivity contribution in [2.24, 2.45) is 11.8 Å². The van der Waals surface area contributed by atoms with E-state index in [4.69, 9.17) is 4.74 Å². The zero-order valence-corrected chi connectivity index (χ0v) is 15.9. The van der Waals surface area contributed by atoms with Gasteiger partial charge in [-0.05, 0) is 75.1 Å². The predicted molar refractivity (Wildman–Crippen MR) is 105 cm³/mol. The van der Waals surface area contributed by atoms with Gasteiger partial charge in [0.25, 0.3) is 0 Å². The van der Waals surface area contributed by atoms with Crippen molar-refractivity contribution < 1.29 is 14.3 Å². The van der Waals surface area contributed by atoms with Crippen LogP contribution in [0.2, 0.25) is 0 Å². The Balaban J connectivity index is 1.55. The largest absolute Gasteiger partial charge is 0.457 e. The van der Waals surface area contributed by atoms with Crippen LogP contribution in [0.25, 0.3) is 0 Å². The zero-order chi connectivity index (χ0) is 19.1. The number of hydrogen-bond donors (Lipinski definition) is 0. The van der Waals surface area contributed by atoms with Gasteiger partial charge in [-0.25, -0.2) is 0 Å². The molecule has 0 radical (unpaired) electrons. The maximum absolute atomic E-state index is 12.8. The van der Waals surface area contributed by atoms with Gasteiger partial charge < -0.3 is 4.74 Å². The maximum atomic E-state index is 12.8. The number of anilines is 1. The SMILES string of the molecule is CC1=CCC2C(=O)N(c3ccc(Oc4cccc(C)c4C)cc3)C(=O)C2C1. The number of carbonyl (C=O) groups is 2. The third-order valence-electron chi connectivity index (χ3n) is 5.70. The molecule has 2 aromatic carbocycles. The van der Waals surface area contributed by atoms with Gasteiger partial charge in [0.1, 0.15) is 11.5 Å². The predicted octanol–water partition coefficient (Wildman–Crippen LogP) is 4.94. The molecule has 0 aromatic heterocycles. The molecular formula is C23H23NO3. The molecule has 0 spiro atoms. The van der Waals surface area contributed by atoms with Crippen LogP contribution in [0, 0.1) is 25.7 Å². The van der Waals surface area contributed by atoms with Gasteiger partial charge in [-0.15, -0.1) is 0 Å². The molecule has 27 heavy (non-hydrogen) atoms. The van der Waals surface area contributed by atoms with E-state index in [1.54, 1.807) is 12.1 Å². The first-order valence-corrected chi connectivity index (χ1v) is 9.33. The fraction of sp³-hybridized carbons (Fsp3) is 0.304. The quantitative estimate of drug-likeness (QED) is 0.574. The number of fused-ring (bicyclic) bond motifs is 1. The van der Waals surface area contributed by atoms with Crippen LogP contribution in [0.5, 0.6) is 11.5 Å². The number of nitrogens with zero attached hydrogens (tertiary/aromatic N) is 1. The van der Waals surface area contributed by atoms with Crippen LogP contribution >= 0.6 is 0 Å².